The van der Waals surface area contributed by atoms with Gasteiger partial charge in [-0.1, -0.05) is 167 Å². The summed E-state index contributed by atoms with van der Waals surface area (Å²) in [5.74, 6) is 0. The molecule has 0 aromatic heterocycles. The van der Waals surface area contributed by atoms with Crippen molar-refractivity contribution in [2.75, 3.05) is 9.80 Å². The monoisotopic (exact) mass is 814 g/mol. The lowest BCUT2D eigenvalue weighted by atomic mass is 9.91. The number of rotatable bonds is 6. The maximum atomic E-state index is 2.51. The second kappa shape index (κ2) is 17.5. The summed E-state index contributed by atoms with van der Waals surface area (Å²) in [6.07, 6.45) is 0. The van der Waals surface area contributed by atoms with Crippen LogP contribution in [0.5, 0.6) is 0 Å². The zero-order valence-corrected chi connectivity index (χ0v) is 37.4. The van der Waals surface area contributed by atoms with Gasteiger partial charge in [0, 0.05) is 44.3 Å². The molecule has 0 radical (unpaired) electrons. The number of anilines is 6. The highest BCUT2D eigenvalue weighted by Crippen LogP contribution is 2.52. The summed E-state index contributed by atoms with van der Waals surface area (Å²) in [6.45, 7) is 14.7. The van der Waals surface area contributed by atoms with Crippen LogP contribution in [0, 0.1) is 20.8 Å². The topological polar surface area (TPSA) is 6.48 Å². The van der Waals surface area contributed by atoms with E-state index in [1.165, 1.54) is 92.7 Å². The van der Waals surface area contributed by atoms with Crippen LogP contribution >= 0.6 is 0 Å². The SMILES string of the molecule is CC.CC.Cc1ccc2c(N(c3ccc4ccccc4c3)c3ccc4ccccc4c3)c3cc(C)c(C)cc3c(N(c3ccc4ccccc4c3)c3ccc4ccccc4c3)c2c1. The molecule has 11 rings (SSSR count). The molecule has 0 fully saturated rings. The number of hydrogen-bond acceptors (Lipinski definition) is 2. The van der Waals surface area contributed by atoms with E-state index in [2.05, 4.69) is 231 Å². The summed E-state index contributed by atoms with van der Waals surface area (Å²) >= 11 is 0. The molecule has 0 amide bonds. The van der Waals surface area contributed by atoms with Gasteiger partial charge < -0.3 is 9.80 Å². The van der Waals surface area contributed by atoms with Crippen molar-refractivity contribution in [1.29, 1.82) is 0 Å². The summed E-state index contributed by atoms with van der Waals surface area (Å²) in [7, 11) is 0. The Bertz CT molecular complexity index is 3290. The zero-order valence-electron chi connectivity index (χ0n) is 37.4. The predicted octanol–water partition coefficient (Wildman–Crippen LogP) is 18.5. The molecular formula is C61H54N2. The van der Waals surface area contributed by atoms with E-state index >= 15 is 0 Å². The zero-order chi connectivity index (χ0) is 43.6. The Balaban J connectivity index is 0.00000123. The van der Waals surface area contributed by atoms with Gasteiger partial charge in [0.05, 0.1) is 11.4 Å². The molecule has 308 valence electrons. The van der Waals surface area contributed by atoms with Gasteiger partial charge in [-0.15, -0.1) is 0 Å². The summed E-state index contributed by atoms with van der Waals surface area (Å²) in [6, 6.07) is 74.2. The lowest BCUT2D eigenvalue weighted by molar-refractivity contribution is 1.29. The normalized spacial score (nSPS) is 11.1. The Morgan fingerprint density at radius 2 is 0.540 bits per heavy atom. The third-order valence-electron chi connectivity index (χ3n) is 12.2. The molecule has 0 aliphatic carbocycles. The second-order valence-electron chi connectivity index (χ2n) is 16.0. The van der Waals surface area contributed by atoms with Crippen molar-refractivity contribution in [2.45, 2.75) is 48.5 Å². The lowest BCUT2D eigenvalue weighted by Crippen LogP contribution is -2.15. The molecule has 0 heterocycles. The molecule has 0 saturated heterocycles. The Labute approximate surface area is 372 Å². The molecule has 63 heavy (non-hydrogen) atoms. The molecule has 0 atom stereocenters. The van der Waals surface area contributed by atoms with Crippen LogP contribution in [-0.2, 0) is 0 Å². The van der Waals surface area contributed by atoms with Gasteiger partial charge in [0.1, 0.15) is 0 Å². The molecule has 0 bridgehead atoms. The predicted molar refractivity (Wildman–Crippen MR) is 278 cm³/mol. The maximum absolute atomic E-state index is 2.51. The number of nitrogens with zero attached hydrogens (tertiary/aromatic N) is 2. The van der Waals surface area contributed by atoms with Crippen LogP contribution in [0.4, 0.5) is 34.1 Å². The molecular weight excluding hydrogens is 761 g/mol. The maximum Gasteiger partial charge on any atom is 0.0620 e. The lowest BCUT2D eigenvalue weighted by Gasteiger charge is -2.33. The van der Waals surface area contributed by atoms with E-state index in [1.54, 1.807) is 0 Å². The molecule has 0 aliphatic heterocycles. The minimum absolute atomic E-state index is 1.12. The first-order valence-electron chi connectivity index (χ1n) is 22.5. The Morgan fingerprint density at radius 1 is 0.254 bits per heavy atom. The molecule has 0 spiro atoms. The molecule has 0 N–H and O–H groups in total. The van der Waals surface area contributed by atoms with Crippen molar-refractivity contribution in [3.05, 3.63) is 217 Å². The van der Waals surface area contributed by atoms with Crippen molar-refractivity contribution < 1.29 is 0 Å². The first kappa shape index (κ1) is 41.0. The van der Waals surface area contributed by atoms with Crippen molar-refractivity contribution >= 4 is 98.8 Å². The van der Waals surface area contributed by atoms with Crippen molar-refractivity contribution in [3.8, 4) is 0 Å². The van der Waals surface area contributed by atoms with Crippen molar-refractivity contribution in [2.24, 2.45) is 0 Å². The van der Waals surface area contributed by atoms with E-state index < -0.39 is 0 Å². The largest absolute Gasteiger partial charge is 0.309 e. The van der Waals surface area contributed by atoms with Crippen molar-refractivity contribution in [3.63, 3.8) is 0 Å². The number of aryl methyl sites for hydroxylation is 3. The van der Waals surface area contributed by atoms with E-state index in [9.17, 15) is 0 Å². The van der Waals surface area contributed by atoms with E-state index in [0.29, 0.717) is 0 Å². The first-order chi connectivity index (χ1) is 31.0. The van der Waals surface area contributed by atoms with Gasteiger partial charge in [-0.25, -0.2) is 0 Å². The van der Waals surface area contributed by atoms with Gasteiger partial charge in [0.2, 0.25) is 0 Å². The summed E-state index contributed by atoms with van der Waals surface area (Å²) in [4.78, 5) is 5.02. The second-order valence-corrected chi connectivity index (χ2v) is 16.0. The standard InChI is InChI=1S/C57H42N2.2C2H6/c1-37-20-29-52-53(30-37)57(59(50-27-23-42-14-6-10-18-46(42)35-50)51-28-24-43-15-7-11-19-47(43)36-51)55-32-39(3)38(2)31-54(55)56(52)58(48-25-21-40-12-4-8-16-44(40)33-48)49-26-22-41-13-5-9-17-45(41)34-49;2*1-2/h4-36H,1-3H3;2*1-2H3. The first-order valence-corrected chi connectivity index (χ1v) is 22.5. The van der Waals surface area contributed by atoms with Crippen LogP contribution in [0.25, 0.3) is 64.6 Å². The summed E-state index contributed by atoms with van der Waals surface area (Å²) in [5.41, 5.74) is 10.6. The van der Waals surface area contributed by atoms with Gasteiger partial charge in [-0.2, -0.15) is 0 Å². The van der Waals surface area contributed by atoms with Gasteiger partial charge in [0.25, 0.3) is 0 Å². The molecule has 11 aromatic rings. The Hall–Kier alpha value is -7.42. The highest BCUT2D eigenvalue weighted by molar-refractivity contribution is 6.24. The van der Waals surface area contributed by atoms with E-state index in [0.717, 1.165) is 22.7 Å². The minimum Gasteiger partial charge on any atom is -0.309 e. The molecule has 0 aliphatic rings. The van der Waals surface area contributed by atoms with Crippen LogP contribution < -0.4 is 9.80 Å². The summed E-state index contributed by atoms with van der Waals surface area (Å²) in [5, 5.41) is 14.5. The fourth-order valence-corrected chi connectivity index (χ4v) is 9.12. The van der Waals surface area contributed by atoms with Gasteiger partial charge in [-0.05, 0) is 142 Å². The average Bonchev–Trinajstić information content (AvgIpc) is 3.34. The molecule has 0 unspecified atom stereocenters. The fraction of sp³-hybridized carbons (Fsp3) is 0.115. The van der Waals surface area contributed by atoms with Crippen LogP contribution in [0.15, 0.2) is 200 Å². The van der Waals surface area contributed by atoms with Gasteiger partial charge in [0.15, 0.2) is 0 Å². The van der Waals surface area contributed by atoms with E-state index in [-0.39, 0.29) is 0 Å². The van der Waals surface area contributed by atoms with Gasteiger partial charge in [-0.3, -0.25) is 0 Å². The van der Waals surface area contributed by atoms with Crippen LogP contribution in [-0.4, -0.2) is 0 Å². The van der Waals surface area contributed by atoms with Crippen LogP contribution in [0.1, 0.15) is 44.4 Å². The van der Waals surface area contributed by atoms with Crippen LogP contribution in [0.3, 0.4) is 0 Å². The summed E-state index contributed by atoms with van der Waals surface area (Å²) < 4.78 is 0. The van der Waals surface area contributed by atoms with E-state index in [4.69, 9.17) is 0 Å². The highest BCUT2D eigenvalue weighted by atomic mass is 15.2. The molecule has 0 saturated carbocycles. The smallest absolute Gasteiger partial charge is 0.0620 e. The molecule has 2 nitrogen and oxygen atoms in total. The Morgan fingerprint density at radius 3 is 0.873 bits per heavy atom. The van der Waals surface area contributed by atoms with Crippen molar-refractivity contribution in [1.82, 2.24) is 0 Å². The van der Waals surface area contributed by atoms with Gasteiger partial charge >= 0.3 is 0 Å². The molecule has 11 aromatic carbocycles. The third-order valence-corrected chi connectivity index (χ3v) is 12.2. The number of fused-ring (bicyclic) bond motifs is 6. The Kier molecular flexibility index (Phi) is 11.4. The highest BCUT2D eigenvalue weighted by Gasteiger charge is 2.27. The number of hydrogen-bond donors (Lipinski definition) is 0. The molecule has 2 heteroatoms. The van der Waals surface area contributed by atoms with Crippen LogP contribution in [0.2, 0.25) is 0 Å². The third kappa shape index (κ3) is 7.53. The minimum atomic E-state index is 1.12. The number of benzene rings is 11. The quantitative estimate of drug-likeness (QED) is 0.122. The fourth-order valence-electron chi connectivity index (χ4n) is 9.12. The average molecular weight is 815 g/mol. The van der Waals surface area contributed by atoms with E-state index in [1.807, 2.05) is 27.7 Å².